The second kappa shape index (κ2) is 9.35. The number of methoxy groups -OCH3 is 1. The second-order valence-corrected chi connectivity index (χ2v) is 7.55. The molecule has 0 unspecified atom stereocenters. The van der Waals surface area contributed by atoms with E-state index in [4.69, 9.17) is 9.47 Å². The molecule has 0 spiro atoms. The van der Waals surface area contributed by atoms with Crippen LogP contribution in [0.3, 0.4) is 0 Å². The number of rotatable bonds is 9. The average molecular weight is 345 g/mol. The molecule has 2 fully saturated rings. The number of nitrogens with zero attached hydrogens (tertiary/aromatic N) is 1. The Morgan fingerprint density at radius 2 is 1.72 bits per heavy atom. The zero-order chi connectivity index (χ0) is 17.5. The summed E-state index contributed by atoms with van der Waals surface area (Å²) in [5, 5.41) is 0. The zero-order valence-corrected chi connectivity index (χ0v) is 15.4. The summed E-state index contributed by atoms with van der Waals surface area (Å²) in [4.78, 5) is 14.0. The summed E-state index contributed by atoms with van der Waals surface area (Å²) >= 11 is 0. The standard InChI is InChI=1S/C21H31NO3/c1-24-13-10-21(23)22-11-8-18(9-12-22)14-17-2-4-19(5-3-17)15-25-16-20-6-7-20/h2-5,18,20H,6-16H2,1H3. The van der Waals surface area contributed by atoms with E-state index in [-0.39, 0.29) is 5.91 Å². The molecule has 1 aromatic rings. The molecule has 1 heterocycles. The molecular weight excluding hydrogens is 314 g/mol. The molecule has 4 heteroatoms. The minimum absolute atomic E-state index is 0.232. The Morgan fingerprint density at radius 1 is 1.04 bits per heavy atom. The number of carbonyl (C=O) groups excluding carboxylic acids is 1. The first kappa shape index (κ1) is 18.4. The number of hydrogen-bond acceptors (Lipinski definition) is 3. The van der Waals surface area contributed by atoms with Crippen LogP contribution in [0.2, 0.25) is 0 Å². The topological polar surface area (TPSA) is 38.8 Å². The van der Waals surface area contributed by atoms with Crippen LogP contribution in [0, 0.1) is 11.8 Å². The molecule has 2 aliphatic rings. The van der Waals surface area contributed by atoms with Crippen molar-refractivity contribution in [2.45, 2.75) is 45.1 Å². The van der Waals surface area contributed by atoms with Gasteiger partial charge in [0.25, 0.3) is 0 Å². The zero-order valence-electron chi connectivity index (χ0n) is 15.4. The number of hydrogen-bond donors (Lipinski definition) is 0. The van der Waals surface area contributed by atoms with Gasteiger partial charge in [-0.2, -0.15) is 0 Å². The summed E-state index contributed by atoms with van der Waals surface area (Å²) in [6.45, 7) is 3.96. The summed E-state index contributed by atoms with van der Waals surface area (Å²) in [6, 6.07) is 8.88. The monoisotopic (exact) mass is 345 g/mol. The predicted octanol–water partition coefficient (Wildman–Crippen LogP) is 3.43. The highest BCUT2D eigenvalue weighted by atomic mass is 16.5. The van der Waals surface area contributed by atoms with E-state index in [1.54, 1.807) is 7.11 Å². The van der Waals surface area contributed by atoms with E-state index in [2.05, 4.69) is 24.3 Å². The van der Waals surface area contributed by atoms with Crippen molar-refractivity contribution in [2.75, 3.05) is 33.4 Å². The lowest BCUT2D eigenvalue weighted by molar-refractivity contribution is -0.133. The van der Waals surface area contributed by atoms with Crippen molar-refractivity contribution in [3.8, 4) is 0 Å². The van der Waals surface area contributed by atoms with Gasteiger partial charge in [0.1, 0.15) is 0 Å². The van der Waals surface area contributed by atoms with Gasteiger partial charge >= 0.3 is 0 Å². The maximum Gasteiger partial charge on any atom is 0.224 e. The molecule has 1 saturated carbocycles. The highest BCUT2D eigenvalue weighted by molar-refractivity contribution is 5.76. The summed E-state index contributed by atoms with van der Waals surface area (Å²) in [6.07, 6.45) is 6.51. The summed E-state index contributed by atoms with van der Waals surface area (Å²) in [7, 11) is 1.64. The SMILES string of the molecule is COCCC(=O)N1CCC(Cc2ccc(COCC3CC3)cc2)CC1. The van der Waals surface area contributed by atoms with Crippen molar-refractivity contribution in [2.24, 2.45) is 11.8 Å². The van der Waals surface area contributed by atoms with Gasteiger partial charge in [-0.15, -0.1) is 0 Å². The van der Waals surface area contributed by atoms with Gasteiger partial charge in [-0.25, -0.2) is 0 Å². The van der Waals surface area contributed by atoms with Gasteiger partial charge in [-0.3, -0.25) is 4.79 Å². The number of amides is 1. The normalized spacial score (nSPS) is 18.5. The van der Waals surface area contributed by atoms with Gasteiger partial charge in [0.15, 0.2) is 0 Å². The largest absolute Gasteiger partial charge is 0.384 e. The average Bonchev–Trinajstić information content (AvgIpc) is 3.46. The molecule has 25 heavy (non-hydrogen) atoms. The first-order valence-electron chi connectivity index (χ1n) is 9.67. The van der Waals surface area contributed by atoms with Crippen LogP contribution in [-0.2, 0) is 27.3 Å². The highest BCUT2D eigenvalue weighted by Crippen LogP contribution is 2.29. The van der Waals surface area contributed by atoms with Gasteiger partial charge in [0.05, 0.1) is 19.6 Å². The maximum atomic E-state index is 12.0. The van der Waals surface area contributed by atoms with Crippen LogP contribution in [0.25, 0.3) is 0 Å². The third-order valence-corrected chi connectivity index (χ3v) is 5.35. The lowest BCUT2D eigenvalue weighted by Gasteiger charge is -2.32. The first-order valence-corrected chi connectivity index (χ1v) is 9.67. The minimum atomic E-state index is 0.232. The fourth-order valence-corrected chi connectivity index (χ4v) is 3.47. The molecule has 1 aliphatic heterocycles. The molecule has 4 nitrogen and oxygen atoms in total. The molecule has 3 rings (SSSR count). The quantitative estimate of drug-likeness (QED) is 0.688. The molecular formula is C21H31NO3. The van der Waals surface area contributed by atoms with Crippen molar-refractivity contribution in [1.82, 2.24) is 4.90 Å². The molecule has 1 amide bonds. The van der Waals surface area contributed by atoms with E-state index in [1.807, 2.05) is 4.90 Å². The van der Waals surface area contributed by atoms with Crippen LogP contribution in [0.1, 0.15) is 43.2 Å². The number of ether oxygens (including phenoxy) is 2. The van der Waals surface area contributed by atoms with Crippen molar-refractivity contribution in [1.29, 1.82) is 0 Å². The van der Waals surface area contributed by atoms with Crippen molar-refractivity contribution in [3.63, 3.8) is 0 Å². The van der Waals surface area contributed by atoms with Crippen LogP contribution in [-0.4, -0.2) is 44.2 Å². The van der Waals surface area contributed by atoms with Crippen LogP contribution in [0.15, 0.2) is 24.3 Å². The fourth-order valence-electron chi connectivity index (χ4n) is 3.47. The third-order valence-electron chi connectivity index (χ3n) is 5.35. The van der Waals surface area contributed by atoms with Crippen molar-refractivity contribution >= 4 is 5.91 Å². The number of likely N-dealkylation sites (tertiary alicyclic amines) is 1. The molecule has 1 aliphatic carbocycles. The summed E-state index contributed by atoms with van der Waals surface area (Å²) in [5.41, 5.74) is 2.66. The van der Waals surface area contributed by atoms with E-state index in [1.165, 1.54) is 24.0 Å². The summed E-state index contributed by atoms with van der Waals surface area (Å²) in [5.74, 6) is 1.74. The first-order chi connectivity index (χ1) is 12.2. The Morgan fingerprint density at radius 3 is 2.36 bits per heavy atom. The lowest BCUT2D eigenvalue weighted by atomic mass is 9.90. The van der Waals surface area contributed by atoms with E-state index in [0.717, 1.165) is 51.5 Å². The van der Waals surface area contributed by atoms with Gasteiger partial charge in [0, 0.05) is 26.8 Å². The van der Waals surface area contributed by atoms with E-state index in [9.17, 15) is 4.79 Å². The van der Waals surface area contributed by atoms with Crippen LogP contribution in [0.5, 0.6) is 0 Å². The molecule has 1 aromatic carbocycles. The Balaban J connectivity index is 1.37. The maximum absolute atomic E-state index is 12.0. The molecule has 0 bridgehead atoms. The molecule has 0 atom stereocenters. The Hall–Kier alpha value is -1.39. The minimum Gasteiger partial charge on any atom is -0.384 e. The number of piperidine rings is 1. The third kappa shape index (κ3) is 6.12. The molecule has 0 N–H and O–H groups in total. The Kier molecular flexibility index (Phi) is 6.88. The van der Waals surface area contributed by atoms with E-state index in [0.29, 0.717) is 18.9 Å². The summed E-state index contributed by atoms with van der Waals surface area (Å²) < 4.78 is 10.7. The van der Waals surface area contributed by atoms with Crippen LogP contribution < -0.4 is 0 Å². The van der Waals surface area contributed by atoms with Crippen LogP contribution in [0.4, 0.5) is 0 Å². The Bertz CT molecular complexity index is 531. The number of benzene rings is 1. The predicted molar refractivity (Wildman–Crippen MR) is 98.3 cm³/mol. The molecule has 138 valence electrons. The highest BCUT2D eigenvalue weighted by Gasteiger charge is 2.23. The molecule has 1 saturated heterocycles. The number of carbonyl (C=O) groups is 1. The van der Waals surface area contributed by atoms with E-state index >= 15 is 0 Å². The second-order valence-electron chi connectivity index (χ2n) is 7.55. The molecule has 0 radical (unpaired) electrons. The van der Waals surface area contributed by atoms with Gasteiger partial charge in [-0.1, -0.05) is 24.3 Å². The Labute approximate surface area is 151 Å². The smallest absolute Gasteiger partial charge is 0.224 e. The lowest BCUT2D eigenvalue weighted by Crippen LogP contribution is -2.39. The molecule has 0 aromatic heterocycles. The van der Waals surface area contributed by atoms with Crippen molar-refractivity contribution < 1.29 is 14.3 Å². The van der Waals surface area contributed by atoms with E-state index < -0.39 is 0 Å². The fraction of sp³-hybridized carbons (Fsp3) is 0.667. The van der Waals surface area contributed by atoms with Crippen molar-refractivity contribution in [3.05, 3.63) is 35.4 Å². The van der Waals surface area contributed by atoms with Crippen LogP contribution >= 0.6 is 0 Å². The van der Waals surface area contributed by atoms with Gasteiger partial charge in [0.2, 0.25) is 5.91 Å². The van der Waals surface area contributed by atoms with Gasteiger partial charge in [-0.05, 0) is 55.1 Å². The van der Waals surface area contributed by atoms with Gasteiger partial charge < -0.3 is 14.4 Å².